The number of nitrogens with zero attached hydrogens (tertiary/aromatic N) is 1. The minimum atomic E-state index is -0.244. The van der Waals surface area contributed by atoms with Crippen molar-refractivity contribution in [2.24, 2.45) is 11.8 Å². The number of fused-ring (bicyclic) bond motifs is 2. The summed E-state index contributed by atoms with van der Waals surface area (Å²) in [6, 6.07) is 10.6. The molecule has 5 rings (SSSR count). The summed E-state index contributed by atoms with van der Waals surface area (Å²) >= 11 is 0. The number of carbonyl (C=O) groups excluding carboxylic acids is 2. The third kappa shape index (κ3) is 3.33. The van der Waals surface area contributed by atoms with Crippen LogP contribution in [-0.2, 0) is 0 Å². The van der Waals surface area contributed by atoms with Crippen molar-refractivity contribution >= 4 is 17.5 Å². The van der Waals surface area contributed by atoms with Crippen molar-refractivity contribution in [1.82, 2.24) is 4.90 Å². The highest BCUT2D eigenvalue weighted by Gasteiger charge is 2.38. The normalized spacial score (nSPS) is 21.9. The lowest BCUT2D eigenvalue weighted by Crippen LogP contribution is -2.29. The molecule has 0 spiro atoms. The van der Waals surface area contributed by atoms with Crippen LogP contribution in [-0.4, -0.2) is 36.6 Å². The number of rotatable bonds is 3. The number of amides is 2. The van der Waals surface area contributed by atoms with Gasteiger partial charge in [-0.3, -0.25) is 9.59 Å². The van der Waals surface area contributed by atoms with Crippen LogP contribution in [0.2, 0.25) is 0 Å². The van der Waals surface area contributed by atoms with E-state index in [1.807, 2.05) is 24.0 Å². The second kappa shape index (κ2) is 7.10. The molecule has 2 fully saturated rings. The first-order chi connectivity index (χ1) is 14.1. The Kier molecular flexibility index (Phi) is 4.42. The molecule has 2 atom stereocenters. The fourth-order valence-electron chi connectivity index (χ4n) is 4.71. The number of hydrogen-bond acceptors (Lipinski definition) is 4. The number of ether oxygens (including phenoxy) is 2. The van der Waals surface area contributed by atoms with Crippen molar-refractivity contribution in [1.29, 1.82) is 0 Å². The minimum absolute atomic E-state index is 0.0537. The van der Waals surface area contributed by atoms with Crippen molar-refractivity contribution in [2.45, 2.75) is 26.2 Å². The van der Waals surface area contributed by atoms with E-state index < -0.39 is 0 Å². The molecular weight excluding hydrogens is 368 g/mol. The summed E-state index contributed by atoms with van der Waals surface area (Å²) in [5, 5.41) is 2.94. The summed E-state index contributed by atoms with van der Waals surface area (Å²) in [6.45, 7) is 3.80. The Balaban J connectivity index is 1.33. The molecular formula is C23H24N2O4. The van der Waals surface area contributed by atoms with Gasteiger partial charge in [-0.25, -0.2) is 0 Å². The van der Waals surface area contributed by atoms with Gasteiger partial charge < -0.3 is 19.7 Å². The van der Waals surface area contributed by atoms with Gasteiger partial charge in [0.05, 0.1) is 0 Å². The number of carbonyl (C=O) groups is 2. The quantitative estimate of drug-likeness (QED) is 0.862. The number of likely N-dealkylation sites (tertiary alicyclic amines) is 1. The molecule has 2 heterocycles. The predicted octanol–water partition coefficient (Wildman–Crippen LogP) is 3.85. The average molecular weight is 392 g/mol. The molecule has 1 aliphatic carbocycles. The highest BCUT2D eigenvalue weighted by Crippen LogP contribution is 2.38. The molecule has 3 aliphatic rings. The number of benzene rings is 2. The second-order valence-electron chi connectivity index (χ2n) is 8.21. The van der Waals surface area contributed by atoms with E-state index in [9.17, 15) is 9.59 Å². The molecule has 0 unspecified atom stereocenters. The van der Waals surface area contributed by atoms with Gasteiger partial charge >= 0.3 is 0 Å². The molecule has 0 radical (unpaired) electrons. The first kappa shape index (κ1) is 18.0. The molecule has 0 aromatic heterocycles. The third-order valence-corrected chi connectivity index (χ3v) is 6.38. The molecule has 1 saturated carbocycles. The van der Waals surface area contributed by atoms with Crippen LogP contribution < -0.4 is 14.8 Å². The van der Waals surface area contributed by atoms with E-state index in [0.717, 1.165) is 18.7 Å². The lowest BCUT2D eigenvalue weighted by Gasteiger charge is -2.18. The molecule has 6 heteroatoms. The Morgan fingerprint density at radius 2 is 1.69 bits per heavy atom. The third-order valence-electron chi connectivity index (χ3n) is 6.38. The highest BCUT2D eigenvalue weighted by atomic mass is 16.7. The van der Waals surface area contributed by atoms with Gasteiger partial charge in [-0.15, -0.1) is 0 Å². The SMILES string of the molecule is Cc1ccc(C(=O)N2C[C@H]3CCC[C@H]3C2)cc1NC(=O)c1ccc2c(c1)OCO2. The molecule has 2 aliphatic heterocycles. The van der Waals surface area contributed by atoms with Crippen LogP contribution in [0.15, 0.2) is 36.4 Å². The summed E-state index contributed by atoms with van der Waals surface area (Å²) < 4.78 is 10.6. The lowest BCUT2D eigenvalue weighted by atomic mass is 10.0. The maximum Gasteiger partial charge on any atom is 0.255 e. The highest BCUT2D eigenvalue weighted by molar-refractivity contribution is 6.06. The van der Waals surface area contributed by atoms with E-state index in [0.29, 0.717) is 40.1 Å². The molecule has 29 heavy (non-hydrogen) atoms. The first-order valence-corrected chi connectivity index (χ1v) is 10.2. The van der Waals surface area contributed by atoms with Gasteiger partial charge in [-0.2, -0.15) is 0 Å². The Hall–Kier alpha value is -3.02. The summed E-state index contributed by atoms with van der Waals surface area (Å²) in [5.74, 6) is 2.34. The van der Waals surface area contributed by atoms with Crippen molar-refractivity contribution in [3.05, 3.63) is 53.1 Å². The zero-order chi connectivity index (χ0) is 20.0. The van der Waals surface area contributed by atoms with E-state index in [1.54, 1.807) is 24.3 Å². The maximum absolute atomic E-state index is 13.0. The van der Waals surface area contributed by atoms with Gasteiger partial charge in [0.25, 0.3) is 11.8 Å². The Bertz CT molecular complexity index is 975. The Morgan fingerprint density at radius 1 is 0.966 bits per heavy atom. The molecule has 6 nitrogen and oxygen atoms in total. The summed E-state index contributed by atoms with van der Waals surface area (Å²) in [6.07, 6.45) is 3.76. The predicted molar refractivity (Wildman–Crippen MR) is 108 cm³/mol. The Morgan fingerprint density at radius 3 is 2.48 bits per heavy atom. The topological polar surface area (TPSA) is 67.9 Å². The smallest absolute Gasteiger partial charge is 0.255 e. The summed E-state index contributed by atoms with van der Waals surface area (Å²) in [5.41, 5.74) is 2.67. The molecule has 2 aromatic rings. The zero-order valence-electron chi connectivity index (χ0n) is 16.4. The monoisotopic (exact) mass is 392 g/mol. The molecule has 2 aromatic carbocycles. The van der Waals surface area contributed by atoms with Gasteiger partial charge in [0.1, 0.15) is 0 Å². The number of aryl methyl sites for hydroxylation is 1. The fraction of sp³-hybridized carbons (Fsp3) is 0.391. The van der Waals surface area contributed by atoms with Crippen LogP contribution in [0, 0.1) is 18.8 Å². The van der Waals surface area contributed by atoms with E-state index in [1.165, 1.54) is 19.3 Å². The van der Waals surface area contributed by atoms with Gasteiger partial charge in [0.15, 0.2) is 11.5 Å². The van der Waals surface area contributed by atoms with Crippen LogP contribution in [0.3, 0.4) is 0 Å². The lowest BCUT2D eigenvalue weighted by molar-refractivity contribution is 0.0780. The van der Waals surface area contributed by atoms with Gasteiger partial charge in [0, 0.05) is 29.9 Å². The maximum atomic E-state index is 13.0. The number of anilines is 1. The Labute approximate surface area is 169 Å². The molecule has 150 valence electrons. The second-order valence-corrected chi connectivity index (χ2v) is 8.21. The van der Waals surface area contributed by atoms with Crippen molar-refractivity contribution < 1.29 is 19.1 Å². The van der Waals surface area contributed by atoms with Crippen LogP contribution in [0.5, 0.6) is 11.5 Å². The minimum Gasteiger partial charge on any atom is -0.454 e. The zero-order valence-corrected chi connectivity index (χ0v) is 16.4. The first-order valence-electron chi connectivity index (χ1n) is 10.2. The van der Waals surface area contributed by atoms with Gasteiger partial charge in [0.2, 0.25) is 6.79 Å². The van der Waals surface area contributed by atoms with Gasteiger partial charge in [-0.05, 0) is 67.5 Å². The molecule has 1 saturated heterocycles. The van der Waals surface area contributed by atoms with E-state index in [4.69, 9.17) is 9.47 Å². The standard InChI is InChI=1S/C23H24N2O4/c1-14-5-6-16(23(27)25-11-17-3-2-4-18(17)12-25)9-19(14)24-22(26)15-7-8-20-21(10-15)29-13-28-20/h5-10,17-18H,2-4,11-13H2,1H3,(H,24,26)/t17-,18+. The summed E-state index contributed by atoms with van der Waals surface area (Å²) in [7, 11) is 0. The van der Waals surface area contributed by atoms with E-state index in [2.05, 4.69) is 5.32 Å². The van der Waals surface area contributed by atoms with Gasteiger partial charge in [-0.1, -0.05) is 12.5 Å². The molecule has 2 amide bonds. The fourth-order valence-corrected chi connectivity index (χ4v) is 4.71. The number of nitrogens with one attached hydrogen (secondary N) is 1. The van der Waals surface area contributed by atoms with E-state index >= 15 is 0 Å². The van der Waals surface area contributed by atoms with Crippen molar-refractivity contribution in [3.63, 3.8) is 0 Å². The molecule has 1 N–H and O–H groups in total. The van der Waals surface area contributed by atoms with Crippen molar-refractivity contribution in [3.8, 4) is 11.5 Å². The van der Waals surface area contributed by atoms with Crippen molar-refractivity contribution in [2.75, 3.05) is 25.2 Å². The largest absolute Gasteiger partial charge is 0.454 e. The average Bonchev–Trinajstić information content (AvgIpc) is 3.44. The van der Waals surface area contributed by atoms with Crippen LogP contribution in [0.1, 0.15) is 45.5 Å². The molecule has 0 bridgehead atoms. The van der Waals surface area contributed by atoms with Crippen LogP contribution in [0.25, 0.3) is 0 Å². The summed E-state index contributed by atoms with van der Waals surface area (Å²) in [4.78, 5) is 27.7. The van der Waals surface area contributed by atoms with Crippen LogP contribution >= 0.6 is 0 Å². The van der Waals surface area contributed by atoms with E-state index in [-0.39, 0.29) is 18.6 Å². The van der Waals surface area contributed by atoms with Crippen LogP contribution in [0.4, 0.5) is 5.69 Å². The number of hydrogen-bond donors (Lipinski definition) is 1.